The first-order chi connectivity index (χ1) is 9.96. The van der Waals surface area contributed by atoms with E-state index in [4.69, 9.17) is 9.47 Å². The fourth-order valence-corrected chi connectivity index (χ4v) is 2.57. The Labute approximate surface area is 124 Å². The van der Waals surface area contributed by atoms with E-state index < -0.39 is 5.60 Å². The lowest BCUT2D eigenvalue weighted by atomic mass is 10.0. The maximum absolute atomic E-state index is 12.1. The van der Waals surface area contributed by atoms with Gasteiger partial charge in [0, 0.05) is 19.3 Å². The van der Waals surface area contributed by atoms with Crippen LogP contribution in [0.3, 0.4) is 0 Å². The normalized spacial score (nSPS) is 21.1. The first kappa shape index (κ1) is 15.7. The minimum atomic E-state index is -0.422. The molecule has 1 saturated heterocycles. The number of anilines is 1. The summed E-state index contributed by atoms with van der Waals surface area (Å²) >= 11 is 0. The molecule has 116 valence electrons. The van der Waals surface area contributed by atoms with Crippen molar-refractivity contribution in [3.05, 3.63) is 23.9 Å². The molecule has 0 radical (unpaired) electrons. The zero-order valence-corrected chi connectivity index (χ0v) is 12.7. The summed E-state index contributed by atoms with van der Waals surface area (Å²) in [5.74, 6) is 0.191. The molecule has 1 N–H and O–H groups in total. The number of aromatic nitrogens is 1. The predicted octanol–water partition coefficient (Wildman–Crippen LogP) is 1.23. The molecular weight excluding hydrogens is 272 g/mol. The summed E-state index contributed by atoms with van der Waals surface area (Å²) in [7, 11) is 0. The number of rotatable bonds is 4. The number of carbonyl (C=O) groups excluding carboxylic acids is 1. The molecule has 1 aromatic rings. The van der Waals surface area contributed by atoms with Gasteiger partial charge in [0.2, 0.25) is 0 Å². The number of pyridine rings is 1. The van der Waals surface area contributed by atoms with Crippen LogP contribution in [-0.2, 0) is 9.47 Å². The van der Waals surface area contributed by atoms with Crippen LogP contribution in [0.2, 0.25) is 0 Å². The van der Waals surface area contributed by atoms with Gasteiger partial charge in [0.05, 0.1) is 24.9 Å². The fraction of sp³-hybridized carbons (Fsp3) is 0.600. The second kappa shape index (κ2) is 6.41. The van der Waals surface area contributed by atoms with Crippen LogP contribution in [-0.4, -0.2) is 54.1 Å². The quantitative estimate of drug-likeness (QED) is 0.842. The van der Waals surface area contributed by atoms with Crippen molar-refractivity contribution < 1.29 is 19.4 Å². The zero-order valence-electron chi connectivity index (χ0n) is 12.7. The van der Waals surface area contributed by atoms with Crippen LogP contribution in [0.15, 0.2) is 18.3 Å². The predicted molar refractivity (Wildman–Crippen MR) is 78.4 cm³/mol. The Morgan fingerprint density at radius 3 is 3.05 bits per heavy atom. The van der Waals surface area contributed by atoms with Gasteiger partial charge in [0.1, 0.15) is 11.4 Å². The number of carbonyl (C=O) groups is 1. The third kappa shape index (κ3) is 3.71. The number of hydrogen-bond donors (Lipinski definition) is 1. The molecule has 0 amide bonds. The number of nitrogens with zero attached hydrogens (tertiary/aromatic N) is 2. The Kier molecular flexibility index (Phi) is 4.80. The minimum absolute atomic E-state index is 0.0680. The highest BCUT2D eigenvalue weighted by Gasteiger charge is 2.35. The van der Waals surface area contributed by atoms with E-state index in [9.17, 15) is 9.90 Å². The van der Waals surface area contributed by atoms with Crippen LogP contribution in [0.1, 0.15) is 31.1 Å². The first-order valence-corrected chi connectivity index (χ1v) is 7.12. The molecule has 1 fully saturated rings. The topological polar surface area (TPSA) is 71.9 Å². The van der Waals surface area contributed by atoms with Crippen LogP contribution in [0.5, 0.6) is 0 Å². The standard InChI is InChI=1S/C15H22N2O4/c1-4-20-14(19)12-6-5-7-16-13(12)17-8-11(9-18)21-15(2,3)10-17/h5-7,11,18H,4,8-10H2,1-3H3. The Hall–Kier alpha value is -1.66. The van der Waals surface area contributed by atoms with Crippen LogP contribution >= 0.6 is 0 Å². The summed E-state index contributed by atoms with van der Waals surface area (Å²) in [6, 6.07) is 3.42. The number of ether oxygens (including phenoxy) is 2. The fourth-order valence-electron chi connectivity index (χ4n) is 2.57. The highest BCUT2D eigenvalue weighted by molar-refractivity contribution is 5.94. The van der Waals surface area contributed by atoms with Gasteiger partial charge < -0.3 is 19.5 Å². The van der Waals surface area contributed by atoms with Crippen LogP contribution in [0.4, 0.5) is 5.82 Å². The number of aliphatic hydroxyl groups excluding tert-OH is 1. The molecule has 0 spiro atoms. The molecule has 0 bridgehead atoms. The molecule has 6 nitrogen and oxygen atoms in total. The van der Waals surface area contributed by atoms with E-state index in [0.29, 0.717) is 31.1 Å². The second-order valence-corrected chi connectivity index (χ2v) is 5.66. The molecule has 1 aliphatic heterocycles. The highest BCUT2D eigenvalue weighted by Crippen LogP contribution is 2.27. The van der Waals surface area contributed by atoms with Gasteiger partial charge in [-0.1, -0.05) is 0 Å². The average molecular weight is 294 g/mol. The van der Waals surface area contributed by atoms with Gasteiger partial charge in [-0.3, -0.25) is 0 Å². The third-order valence-corrected chi connectivity index (χ3v) is 3.27. The number of aliphatic hydroxyl groups is 1. The average Bonchev–Trinajstić information content (AvgIpc) is 2.45. The van der Waals surface area contributed by atoms with Gasteiger partial charge in [-0.2, -0.15) is 0 Å². The summed E-state index contributed by atoms with van der Waals surface area (Å²) in [6.45, 7) is 7.01. The summed E-state index contributed by atoms with van der Waals surface area (Å²) in [5, 5.41) is 9.39. The van der Waals surface area contributed by atoms with Gasteiger partial charge in [-0.25, -0.2) is 9.78 Å². The number of morpholine rings is 1. The minimum Gasteiger partial charge on any atom is -0.462 e. The zero-order chi connectivity index (χ0) is 15.5. The Morgan fingerprint density at radius 2 is 2.38 bits per heavy atom. The van der Waals surface area contributed by atoms with Gasteiger partial charge in [-0.05, 0) is 32.9 Å². The van der Waals surface area contributed by atoms with Gasteiger partial charge in [0.25, 0.3) is 0 Å². The number of esters is 1. The van der Waals surface area contributed by atoms with E-state index in [1.54, 1.807) is 25.3 Å². The van der Waals surface area contributed by atoms with E-state index in [1.165, 1.54) is 0 Å². The van der Waals surface area contributed by atoms with Crippen molar-refractivity contribution in [2.45, 2.75) is 32.5 Å². The Balaban J connectivity index is 2.30. The van der Waals surface area contributed by atoms with Crippen molar-refractivity contribution in [1.82, 2.24) is 4.98 Å². The lowest BCUT2D eigenvalue weighted by molar-refractivity contribution is -0.101. The SMILES string of the molecule is CCOC(=O)c1cccnc1N1CC(CO)OC(C)(C)C1. The molecule has 1 aromatic heterocycles. The first-order valence-electron chi connectivity index (χ1n) is 7.12. The second-order valence-electron chi connectivity index (χ2n) is 5.66. The van der Waals surface area contributed by atoms with E-state index in [1.807, 2.05) is 18.7 Å². The van der Waals surface area contributed by atoms with Crippen LogP contribution < -0.4 is 4.90 Å². The molecule has 1 unspecified atom stereocenters. The Bertz CT molecular complexity index is 504. The van der Waals surface area contributed by atoms with Crippen LogP contribution in [0.25, 0.3) is 0 Å². The maximum Gasteiger partial charge on any atom is 0.341 e. The van der Waals surface area contributed by atoms with Crippen molar-refractivity contribution in [3.8, 4) is 0 Å². The summed E-state index contributed by atoms with van der Waals surface area (Å²) in [5.41, 5.74) is 0.0171. The van der Waals surface area contributed by atoms with E-state index >= 15 is 0 Å². The molecule has 1 atom stereocenters. The van der Waals surface area contributed by atoms with Crippen molar-refractivity contribution in [1.29, 1.82) is 0 Å². The molecular formula is C15H22N2O4. The van der Waals surface area contributed by atoms with Crippen molar-refractivity contribution >= 4 is 11.8 Å². The molecule has 6 heteroatoms. The van der Waals surface area contributed by atoms with Gasteiger partial charge in [-0.15, -0.1) is 0 Å². The Morgan fingerprint density at radius 1 is 1.62 bits per heavy atom. The molecule has 0 saturated carbocycles. The molecule has 2 rings (SSSR count). The highest BCUT2D eigenvalue weighted by atomic mass is 16.5. The van der Waals surface area contributed by atoms with E-state index in [-0.39, 0.29) is 18.7 Å². The molecule has 0 aliphatic carbocycles. The third-order valence-electron chi connectivity index (χ3n) is 3.27. The summed E-state index contributed by atoms with van der Waals surface area (Å²) < 4.78 is 10.9. The maximum atomic E-state index is 12.1. The molecule has 2 heterocycles. The number of hydrogen-bond acceptors (Lipinski definition) is 6. The van der Waals surface area contributed by atoms with Crippen LogP contribution in [0, 0.1) is 0 Å². The smallest absolute Gasteiger partial charge is 0.341 e. The van der Waals surface area contributed by atoms with Crippen molar-refractivity contribution in [2.75, 3.05) is 31.2 Å². The van der Waals surface area contributed by atoms with Crippen molar-refractivity contribution in [3.63, 3.8) is 0 Å². The van der Waals surface area contributed by atoms with E-state index in [0.717, 1.165) is 0 Å². The monoisotopic (exact) mass is 294 g/mol. The summed E-state index contributed by atoms with van der Waals surface area (Å²) in [6.07, 6.45) is 1.35. The van der Waals surface area contributed by atoms with Crippen molar-refractivity contribution in [2.24, 2.45) is 0 Å². The lowest BCUT2D eigenvalue weighted by Gasteiger charge is -2.43. The summed E-state index contributed by atoms with van der Waals surface area (Å²) in [4.78, 5) is 18.3. The molecule has 21 heavy (non-hydrogen) atoms. The van der Waals surface area contributed by atoms with E-state index in [2.05, 4.69) is 4.98 Å². The van der Waals surface area contributed by atoms with Gasteiger partial charge in [0.15, 0.2) is 0 Å². The lowest BCUT2D eigenvalue weighted by Crippen LogP contribution is -2.54. The molecule has 0 aromatic carbocycles. The van der Waals surface area contributed by atoms with Gasteiger partial charge >= 0.3 is 5.97 Å². The molecule has 1 aliphatic rings. The largest absolute Gasteiger partial charge is 0.462 e.